The number of amides is 1. The van der Waals surface area contributed by atoms with Gasteiger partial charge in [0.05, 0.1) is 6.20 Å². The first-order valence-electron chi connectivity index (χ1n) is 13.0. The Kier molecular flexibility index (Phi) is 7.24. The van der Waals surface area contributed by atoms with E-state index in [0.717, 1.165) is 73.0 Å². The van der Waals surface area contributed by atoms with Gasteiger partial charge in [0.2, 0.25) is 17.0 Å². The zero-order chi connectivity index (χ0) is 25.9. The van der Waals surface area contributed by atoms with Crippen molar-refractivity contribution in [1.29, 1.82) is 0 Å². The number of aryl methyl sites for hydroxylation is 1. The molecular weight excluding hydrogens is 520 g/mol. The van der Waals surface area contributed by atoms with Gasteiger partial charge in [0.1, 0.15) is 10.5 Å². The van der Waals surface area contributed by atoms with E-state index in [-0.39, 0.29) is 5.91 Å². The molecule has 3 aliphatic rings. The van der Waals surface area contributed by atoms with Crippen LogP contribution in [0.4, 0.5) is 28.3 Å². The van der Waals surface area contributed by atoms with Gasteiger partial charge in [-0.2, -0.15) is 4.98 Å². The molecule has 2 aliphatic heterocycles. The third kappa shape index (κ3) is 5.81. The van der Waals surface area contributed by atoms with Crippen molar-refractivity contribution in [2.75, 3.05) is 33.9 Å². The monoisotopic (exact) mass is 548 g/mol. The van der Waals surface area contributed by atoms with Crippen molar-refractivity contribution >= 4 is 57.1 Å². The highest BCUT2D eigenvalue weighted by atomic mass is 35.5. The summed E-state index contributed by atoms with van der Waals surface area (Å²) in [7, 11) is 0. The lowest BCUT2D eigenvalue weighted by atomic mass is 9.91. The summed E-state index contributed by atoms with van der Waals surface area (Å²) < 4.78 is 0. The van der Waals surface area contributed by atoms with E-state index in [1.165, 1.54) is 0 Å². The first kappa shape index (κ1) is 24.8. The highest BCUT2D eigenvalue weighted by Gasteiger charge is 2.24. The molecule has 2 aromatic heterocycles. The number of rotatable bonds is 4. The highest BCUT2D eigenvalue weighted by molar-refractivity contribution is 7.13. The maximum absolute atomic E-state index is 13.1. The number of nitrogens with zero attached hydrogens (tertiary/aromatic N) is 5. The number of carbonyl (C=O) groups excluding carboxylic acids is 1. The Labute approximate surface area is 230 Å². The van der Waals surface area contributed by atoms with Gasteiger partial charge in [0.15, 0.2) is 5.82 Å². The summed E-state index contributed by atoms with van der Waals surface area (Å²) in [4.78, 5) is 24.3. The van der Waals surface area contributed by atoms with Crippen LogP contribution in [0.2, 0.25) is 5.02 Å². The normalized spacial score (nSPS) is 19.2. The van der Waals surface area contributed by atoms with E-state index in [4.69, 9.17) is 11.6 Å². The SMILES string of the molecule is O=C(CC1CCN(c2nncs2)CC1)Nc1ccc2cc1CCC1C=CC=C(C1)Nc1ncc(Cl)c(n1)N2. The van der Waals surface area contributed by atoms with Gasteiger partial charge in [-0.05, 0) is 73.8 Å². The van der Waals surface area contributed by atoms with Crippen molar-refractivity contribution in [1.82, 2.24) is 20.2 Å². The summed E-state index contributed by atoms with van der Waals surface area (Å²) in [5.41, 5.74) is 5.66. The summed E-state index contributed by atoms with van der Waals surface area (Å²) in [6, 6.07) is 6.01. The van der Waals surface area contributed by atoms with Gasteiger partial charge < -0.3 is 20.9 Å². The number of nitrogens with one attached hydrogen (secondary N) is 3. The van der Waals surface area contributed by atoms with E-state index < -0.39 is 0 Å². The number of hydrogen-bond acceptors (Lipinski definition) is 9. The van der Waals surface area contributed by atoms with Crippen molar-refractivity contribution in [2.45, 2.75) is 38.5 Å². The largest absolute Gasteiger partial charge is 0.347 e. The van der Waals surface area contributed by atoms with E-state index in [1.54, 1.807) is 23.0 Å². The van der Waals surface area contributed by atoms with Gasteiger partial charge in [-0.15, -0.1) is 10.2 Å². The summed E-state index contributed by atoms with van der Waals surface area (Å²) in [5.74, 6) is 1.86. The number of anilines is 5. The molecular formula is C27H29ClN8OS. The Morgan fingerprint density at radius 1 is 1.21 bits per heavy atom. The minimum atomic E-state index is 0.0645. The fraction of sp³-hybridized carbons (Fsp3) is 0.370. The second-order valence-electron chi connectivity index (χ2n) is 10.00. The second kappa shape index (κ2) is 11.1. The summed E-state index contributed by atoms with van der Waals surface area (Å²) in [5, 5.41) is 19.4. The summed E-state index contributed by atoms with van der Waals surface area (Å²) in [6.45, 7) is 1.82. The predicted molar refractivity (Wildman–Crippen MR) is 152 cm³/mol. The average molecular weight is 549 g/mol. The second-order valence-corrected chi connectivity index (χ2v) is 11.2. The third-order valence-electron chi connectivity index (χ3n) is 7.31. The molecule has 6 bridgehead atoms. The zero-order valence-corrected chi connectivity index (χ0v) is 22.4. The Bertz CT molecular complexity index is 1370. The van der Waals surface area contributed by atoms with Gasteiger partial charge in [0, 0.05) is 36.6 Å². The summed E-state index contributed by atoms with van der Waals surface area (Å²) in [6.07, 6.45) is 13.1. The number of halogens is 1. The molecule has 0 spiro atoms. The van der Waals surface area contributed by atoms with Gasteiger partial charge in [-0.3, -0.25) is 4.79 Å². The molecule has 1 unspecified atom stereocenters. The molecule has 6 rings (SSSR count). The van der Waals surface area contributed by atoms with Crippen LogP contribution in [-0.2, 0) is 11.2 Å². The smallest absolute Gasteiger partial charge is 0.228 e. The standard InChI is InChI=1S/C27H29ClN8OS/c28-22-15-29-26-32-20-3-1-2-17(12-20)4-5-19-14-21(31-25(22)34-26)6-7-23(19)33-24(37)13-18-8-10-36(11-9-18)27-35-30-16-38-27/h1-3,6-7,14-18H,4-5,8-13H2,(H,33,37)(H2,29,31,32,34). The molecule has 1 aromatic carbocycles. The molecule has 196 valence electrons. The minimum Gasteiger partial charge on any atom is -0.347 e. The molecule has 0 radical (unpaired) electrons. The molecule has 11 heteroatoms. The van der Waals surface area contributed by atoms with E-state index in [1.807, 2.05) is 12.1 Å². The highest BCUT2D eigenvalue weighted by Crippen LogP contribution is 2.32. The Balaban J connectivity index is 1.17. The zero-order valence-electron chi connectivity index (χ0n) is 20.9. The van der Waals surface area contributed by atoms with E-state index in [9.17, 15) is 4.79 Å². The van der Waals surface area contributed by atoms with Gasteiger partial charge in [-0.1, -0.05) is 35.1 Å². The molecule has 1 amide bonds. The fourth-order valence-corrected chi connectivity index (χ4v) is 6.02. The number of benzene rings is 1. The Morgan fingerprint density at radius 3 is 2.95 bits per heavy atom. The average Bonchev–Trinajstić information content (AvgIpc) is 3.46. The van der Waals surface area contributed by atoms with Crippen molar-refractivity contribution < 1.29 is 4.79 Å². The number of fused-ring (bicyclic) bond motifs is 6. The number of carbonyl (C=O) groups is 1. The van der Waals surface area contributed by atoms with Crippen LogP contribution in [0, 0.1) is 11.8 Å². The van der Waals surface area contributed by atoms with E-state index in [2.05, 4.69) is 65.3 Å². The predicted octanol–water partition coefficient (Wildman–Crippen LogP) is 5.79. The minimum absolute atomic E-state index is 0.0645. The topological polar surface area (TPSA) is 108 Å². The molecule has 1 atom stereocenters. The fourth-order valence-electron chi connectivity index (χ4n) is 5.27. The summed E-state index contributed by atoms with van der Waals surface area (Å²) >= 11 is 7.96. The van der Waals surface area contributed by atoms with Crippen molar-refractivity contribution in [3.8, 4) is 0 Å². The Hall–Kier alpha value is -3.50. The van der Waals surface area contributed by atoms with Crippen LogP contribution in [0.15, 0.2) is 53.8 Å². The van der Waals surface area contributed by atoms with E-state index in [0.29, 0.717) is 35.0 Å². The molecule has 9 nitrogen and oxygen atoms in total. The van der Waals surface area contributed by atoms with Gasteiger partial charge in [0.25, 0.3) is 0 Å². The van der Waals surface area contributed by atoms with Crippen LogP contribution in [0.25, 0.3) is 0 Å². The molecule has 3 N–H and O–H groups in total. The van der Waals surface area contributed by atoms with Crippen LogP contribution in [0.1, 0.15) is 37.7 Å². The number of piperidine rings is 1. The first-order valence-corrected chi connectivity index (χ1v) is 14.2. The quantitative estimate of drug-likeness (QED) is 0.376. The molecule has 4 heterocycles. The number of aromatic nitrogens is 4. The van der Waals surface area contributed by atoms with Crippen LogP contribution in [0.5, 0.6) is 0 Å². The molecule has 1 saturated heterocycles. The first-order chi connectivity index (χ1) is 18.6. The van der Waals surface area contributed by atoms with Gasteiger partial charge >= 0.3 is 0 Å². The lowest BCUT2D eigenvalue weighted by molar-refractivity contribution is -0.117. The molecule has 0 saturated carbocycles. The maximum Gasteiger partial charge on any atom is 0.228 e. The number of hydrogen-bond donors (Lipinski definition) is 3. The van der Waals surface area contributed by atoms with Crippen LogP contribution < -0.4 is 20.9 Å². The van der Waals surface area contributed by atoms with Crippen LogP contribution >= 0.6 is 22.9 Å². The lowest BCUT2D eigenvalue weighted by Gasteiger charge is -2.31. The molecule has 38 heavy (non-hydrogen) atoms. The van der Waals surface area contributed by atoms with E-state index >= 15 is 0 Å². The third-order valence-corrected chi connectivity index (χ3v) is 8.34. The van der Waals surface area contributed by atoms with Crippen LogP contribution in [0.3, 0.4) is 0 Å². The molecule has 1 fully saturated rings. The van der Waals surface area contributed by atoms with Gasteiger partial charge in [-0.25, -0.2) is 4.98 Å². The van der Waals surface area contributed by atoms with Crippen molar-refractivity contribution in [2.24, 2.45) is 11.8 Å². The van der Waals surface area contributed by atoms with Crippen molar-refractivity contribution in [3.05, 3.63) is 64.4 Å². The Morgan fingerprint density at radius 2 is 2.11 bits per heavy atom. The van der Waals surface area contributed by atoms with Crippen LogP contribution in [-0.4, -0.2) is 39.2 Å². The number of allylic oxidation sites excluding steroid dienone is 4. The maximum atomic E-state index is 13.1. The lowest BCUT2D eigenvalue weighted by Crippen LogP contribution is -2.34. The molecule has 3 aromatic rings. The van der Waals surface area contributed by atoms with Crippen molar-refractivity contribution in [3.63, 3.8) is 0 Å². The molecule has 1 aliphatic carbocycles.